The molecule has 3 rings (SSSR count). The van der Waals surface area contributed by atoms with Crippen LogP contribution in [0.3, 0.4) is 0 Å². The molecule has 0 atom stereocenters. The van der Waals surface area contributed by atoms with Crippen LogP contribution in [-0.2, 0) is 17.1 Å². The maximum atomic E-state index is 5.78. The molecule has 1 aromatic rings. The molecule has 2 aliphatic carbocycles. The molecule has 0 amide bonds. The molecule has 1 aromatic carbocycles. The van der Waals surface area contributed by atoms with Crippen molar-refractivity contribution in [3.8, 4) is 0 Å². The Hall–Kier alpha value is 0.379. The van der Waals surface area contributed by atoms with Crippen LogP contribution in [0.5, 0.6) is 0 Å². The van der Waals surface area contributed by atoms with E-state index in [-0.39, 0.29) is 17.1 Å². The molecule has 19 heavy (non-hydrogen) atoms. The molecule has 0 N–H and O–H groups in total. The van der Waals surface area contributed by atoms with Crippen LogP contribution in [-0.4, -0.2) is 0 Å². The zero-order chi connectivity index (χ0) is 12.6. The Labute approximate surface area is 137 Å². The van der Waals surface area contributed by atoms with Crippen molar-refractivity contribution in [3.05, 3.63) is 92.3 Å². The van der Waals surface area contributed by atoms with Crippen LogP contribution in [0.25, 0.3) is 0 Å². The van der Waals surface area contributed by atoms with Crippen LogP contribution in [0.2, 0.25) is 5.02 Å². The number of hydrogen-bond acceptors (Lipinski definition) is 1. The van der Waals surface area contributed by atoms with Gasteiger partial charge in [0.15, 0.2) is 0 Å². The predicted molar refractivity (Wildman–Crippen MR) is 79.3 cm³/mol. The fraction of sp³-hybridized carbons (Fsp3) is 0. The first-order valence-corrected chi connectivity index (χ1v) is 6.86. The zero-order valence-corrected chi connectivity index (χ0v) is 12.8. The van der Waals surface area contributed by atoms with Crippen LogP contribution in [0.15, 0.2) is 29.2 Å². The second-order valence-electron chi connectivity index (χ2n) is 3.64. The van der Waals surface area contributed by atoms with Crippen molar-refractivity contribution in [1.29, 1.82) is 0 Å². The second kappa shape index (κ2) is 10.2. The first-order valence-electron chi connectivity index (χ1n) is 5.66. The minimum atomic E-state index is 0. The third-order valence-electron chi connectivity index (χ3n) is 2.24. The fourth-order valence-corrected chi connectivity index (χ4v) is 2.35. The Morgan fingerprint density at radius 2 is 1.16 bits per heavy atom. The fourth-order valence-electron chi connectivity index (χ4n) is 1.38. The van der Waals surface area contributed by atoms with Gasteiger partial charge in [-0.05, 0) is 82.1 Å². The predicted octanol–water partition coefficient (Wildman–Crippen LogP) is 4.81. The van der Waals surface area contributed by atoms with Crippen molar-refractivity contribution < 1.29 is 17.1 Å². The molecule has 98 valence electrons. The van der Waals surface area contributed by atoms with Crippen molar-refractivity contribution in [3.63, 3.8) is 0 Å². The summed E-state index contributed by atoms with van der Waals surface area (Å²) < 4.78 is 0. The molecule has 0 nitrogen and oxygen atoms in total. The van der Waals surface area contributed by atoms with Gasteiger partial charge in [0.2, 0.25) is 0 Å². The number of hydrogen-bond donors (Lipinski definition) is 0. The van der Waals surface area contributed by atoms with E-state index in [1.807, 2.05) is 69.2 Å². The van der Waals surface area contributed by atoms with E-state index in [1.54, 1.807) is 11.8 Å². The molecule has 2 saturated carbocycles. The molecular weight excluding hydrogens is 316 g/mol. The minimum absolute atomic E-state index is 0. The molecule has 0 unspecified atom stereocenters. The van der Waals surface area contributed by atoms with Gasteiger partial charge in [0.1, 0.15) is 0 Å². The van der Waals surface area contributed by atoms with Crippen molar-refractivity contribution in [2.24, 2.45) is 0 Å². The Balaban J connectivity index is 0.000000256. The summed E-state index contributed by atoms with van der Waals surface area (Å²) >= 11 is 7.53. The van der Waals surface area contributed by atoms with Crippen LogP contribution >= 0.6 is 23.4 Å². The standard InChI is InChI=1S/C11H8ClS.C5H5.Fe/c12-9-5-7-11(8-6-9)13-10-3-1-2-4-10;1-2-4-5-3-1;/h1-8H;1-5H;. The van der Waals surface area contributed by atoms with E-state index in [0.29, 0.717) is 0 Å². The number of rotatable bonds is 2. The van der Waals surface area contributed by atoms with Crippen LogP contribution in [0.1, 0.15) is 0 Å². The first kappa shape index (κ1) is 17.4. The van der Waals surface area contributed by atoms with E-state index in [2.05, 4.69) is 12.8 Å². The van der Waals surface area contributed by atoms with E-state index in [4.69, 9.17) is 11.6 Å². The molecule has 0 spiro atoms. The maximum absolute atomic E-state index is 5.78. The average Bonchev–Trinajstić information content (AvgIpc) is 3.07. The third-order valence-corrected chi connectivity index (χ3v) is 3.50. The summed E-state index contributed by atoms with van der Waals surface area (Å²) in [4.78, 5) is 1.22. The van der Waals surface area contributed by atoms with E-state index in [1.165, 1.54) is 10.1 Å². The summed E-state index contributed by atoms with van der Waals surface area (Å²) in [6, 6.07) is 7.87. The average molecular weight is 329 g/mol. The number of thioether (sulfide) groups is 1. The van der Waals surface area contributed by atoms with Crippen molar-refractivity contribution in [1.82, 2.24) is 0 Å². The summed E-state index contributed by atoms with van der Waals surface area (Å²) in [6.07, 6.45) is 18.3. The Morgan fingerprint density at radius 1 is 0.684 bits per heavy atom. The second-order valence-corrected chi connectivity index (χ2v) is 5.22. The Morgan fingerprint density at radius 3 is 1.63 bits per heavy atom. The molecule has 0 aliphatic heterocycles. The van der Waals surface area contributed by atoms with Crippen LogP contribution < -0.4 is 0 Å². The van der Waals surface area contributed by atoms with Gasteiger partial charge in [-0.25, -0.2) is 0 Å². The summed E-state index contributed by atoms with van der Waals surface area (Å²) in [5, 5.41) is 2.05. The number of benzene rings is 1. The van der Waals surface area contributed by atoms with Crippen LogP contribution in [0.4, 0.5) is 0 Å². The van der Waals surface area contributed by atoms with Gasteiger partial charge in [0.05, 0.1) is 0 Å². The first-order chi connectivity index (χ1) is 8.84. The van der Waals surface area contributed by atoms with E-state index in [9.17, 15) is 0 Å². The van der Waals surface area contributed by atoms with Crippen molar-refractivity contribution >= 4 is 23.4 Å². The topological polar surface area (TPSA) is 0 Å². The molecule has 0 aromatic heterocycles. The smallest absolute Gasteiger partial charge is 0.0431 e. The molecule has 3 heteroatoms. The van der Waals surface area contributed by atoms with Crippen molar-refractivity contribution in [2.45, 2.75) is 4.90 Å². The quantitative estimate of drug-likeness (QED) is 0.702. The van der Waals surface area contributed by atoms with Gasteiger partial charge in [-0.1, -0.05) is 11.6 Å². The van der Waals surface area contributed by atoms with Gasteiger partial charge in [0.25, 0.3) is 0 Å². The van der Waals surface area contributed by atoms with E-state index in [0.717, 1.165) is 5.02 Å². The van der Waals surface area contributed by atoms with E-state index < -0.39 is 0 Å². The summed E-state index contributed by atoms with van der Waals surface area (Å²) in [5.74, 6) is 0. The Bertz CT molecular complexity index is 321. The number of halogens is 1. The molecule has 2 aliphatic rings. The maximum Gasteiger partial charge on any atom is 0.0431 e. The van der Waals surface area contributed by atoms with Crippen molar-refractivity contribution in [2.75, 3.05) is 0 Å². The summed E-state index contributed by atoms with van der Waals surface area (Å²) in [5.41, 5.74) is 0. The molecule has 0 heterocycles. The largest absolute Gasteiger partial charge is 0.117 e. The summed E-state index contributed by atoms with van der Waals surface area (Å²) in [7, 11) is 0. The van der Waals surface area contributed by atoms with Gasteiger partial charge >= 0.3 is 0 Å². The van der Waals surface area contributed by atoms with Gasteiger partial charge < -0.3 is 0 Å². The minimum Gasteiger partial charge on any atom is -0.117 e. The van der Waals surface area contributed by atoms with E-state index >= 15 is 0 Å². The zero-order valence-electron chi connectivity index (χ0n) is 10.1. The molecule has 10 radical (unpaired) electrons. The van der Waals surface area contributed by atoms with Gasteiger partial charge in [-0.3, -0.25) is 0 Å². The van der Waals surface area contributed by atoms with Gasteiger partial charge in [-0.2, -0.15) is 0 Å². The monoisotopic (exact) mass is 328 g/mol. The molecular formula is C16H13ClFeS. The molecule has 2 fully saturated rings. The normalized spacial score (nSPS) is 18.6. The van der Waals surface area contributed by atoms with Gasteiger partial charge in [0, 0.05) is 32.2 Å². The molecule has 0 saturated heterocycles. The van der Waals surface area contributed by atoms with Crippen LogP contribution in [0, 0.1) is 63.0 Å². The summed E-state index contributed by atoms with van der Waals surface area (Å²) in [6.45, 7) is 0. The SMILES string of the molecule is Clc1ccc(S[C]2[CH][CH][CH][CH]2)cc1.[CH]1[CH][CH][CH][CH]1.[Fe]. The van der Waals surface area contributed by atoms with Gasteiger partial charge in [-0.15, -0.1) is 11.8 Å². The third kappa shape index (κ3) is 7.09. The molecule has 0 bridgehead atoms. The Kier molecular flexibility index (Phi) is 9.32.